The highest BCUT2D eigenvalue weighted by molar-refractivity contribution is 7.98. The zero-order valence-corrected chi connectivity index (χ0v) is 16.6. The number of likely N-dealkylation sites (tertiary alicyclic amines) is 1. The monoisotopic (exact) mass is 372 g/mol. The van der Waals surface area contributed by atoms with Crippen molar-refractivity contribution in [3.8, 4) is 11.5 Å². The number of thioether (sulfide) groups is 1. The Morgan fingerprint density at radius 2 is 1.77 bits per heavy atom. The van der Waals surface area contributed by atoms with Crippen molar-refractivity contribution in [1.29, 1.82) is 0 Å². The van der Waals surface area contributed by atoms with Gasteiger partial charge in [0.25, 0.3) is 0 Å². The number of rotatable bonds is 7. The summed E-state index contributed by atoms with van der Waals surface area (Å²) in [7, 11) is 3.37. The smallest absolute Gasteiger partial charge is 0.161 e. The van der Waals surface area contributed by atoms with Gasteiger partial charge in [-0.1, -0.05) is 30.3 Å². The minimum absolute atomic E-state index is 0.496. The molecule has 140 valence electrons. The number of benzene rings is 2. The quantitative estimate of drug-likeness (QED) is 0.753. The summed E-state index contributed by atoms with van der Waals surface area (Å²) in [6.45, 7) is 3.68. The first-order chi connectivity index (χ1) is 12.7. The van der Waals surface area contributed by atoms with Gasteiger partial charge in [-0.15, -0.1) is 11.8 Å². The molecule has 1 saturated heterocycles. The maximum atomic E-state index is 6.09. The molecule has 4 nitrogen and oxygen atoms in total. The Kier molecular flexibility index (Phi) is 6.46. The van der Waals surface area contributed by atoms with Crippen LogP contribution in [0.3, 0.4) is 0 Å². The molecule has 5 heteroatoms. The maximum Gasteiger partial charge on any atom is 0.161 e. The van der Waals surface area contributed by atoms with Gasteiger partial charge < -0.3 is 15.2 Å². The van der Waals surface area contributed by atoms with Gasteiger partial charge in [0.1, 0.15) is 0 Å². The van der Waals surface area contributed by atoms with Crippen LogP contribution < -0.4 is 15.2 Å². The molecule has 1 aliphatic rings. The average Bonchev–Trinajstić information content (AvgIpc) is 3.11. The third kappa shape index (κ3) is 4.00. The second-order valence-electron chi connectivity index (χ2n) is 6.73. The Labute approximate surface area is 160 Å². The number of nitrogens with two attached hydrogens (primary N) is 1. The number of hydrogen-bond acceptors (Lipinski definition) is 5. The molecule has 1 heterocycles. The number of hydrogen-bond donors (Lipinski definition) is 1. The van der Waals surface area contributed by atoms with Crippen molar-refractivity contribution in [2.24, 2.45) is 11.7 Å². The molecule has 0 aromatic heterocycles. The first-order valence-electron chi connectivity index (χ1n) is 8.96. The molecule has 26 heavy (non-hydrogen) atoms. The SMILES string of the molecule is COc1cc(CN2C[C@@H](CN)[C@H](c3ccccc3)C2)c(SC)cc1OC. The van der Waals surface area contributed by atoms with Crippen LogP contribution in [-0.2, 0) is 6.54 Å². The summed E-state index contributed by atoms with van der Waals surface area (Å²) in [5.41, 5.74) is 8.76. The first-order valence-corrected chi connectivity index (χ1v) is 10.2. The summed E-state index contributed by atoms with van der Waals surface area (Å²) in [5.74, 6) is 2.56. The normalized spacial score (nSPS) is 20.3. The molecule has 2 atom stereocenters. The Bertz CT molecular complexity index is 723. The summed E-state index contributed by atoms with van der Waals surface area (Å²) < 4.78 is 10.9. The maximum absolute atomic E-state index is 6.09. The van der Waals surface area contributed by atoms with Gasteiger partial charge in [0.05, 0.1) is 14.2 Å². The molecule has 1 fully saturated rings. The van der Waals surface area contributed by atoms with Crippen LogP contribution in [0.15, 0.2) is 47.4 Å². The van der Waals surface area contributed by atoms with Crippen molar-refractivity contribution in [3.63, 3.8) is 0 Å². The van der Waals surface area contributed by atoms with Crippen molar-refractivity contribution in [2.75, 3.05) is 40.1 Å². The fourth-order valence-electron chi connectivity index (χ4n) is 3.86. The minimum Gasteiger partial charge on any atom is -0.493 e. The lowest BCUT2D eigenvalue weighted by Crippen LogP contribution is -2.23. The molecule has 3 rings (SSSR count). The molecular formula is C21H28N2O2S. The molecule has 0 spiro atoms. The number of methoxy groups -OCH3 is 2. The van der Waals surface area contributed by atoms with Crippen LogP contribution in [0.1, 0.15) is 17.0 Å². The van der Waals surface area contributed by atoms with Crippen molar-refractivity contribution >= 4 is 11.8 Å². The standard InChI is InChI=1S/C21H28N2O2S/c1-24-19-9-16(21(26-3)10-20(19)25-2)12-23-13-17(11-22)18(14-23)15-7-5-4-6-8-15/h4-10,17-18H,11-14,22H2,1-3H3/t17-,18+/m1/s1. The molecule has 2 aromatic rings. The Hall–Kier alpha value is -1.69. The van der Waals surface area contributed by atoms with Crippen molar-refractivity contribution in [2.45, 2.75) is 17.4 Å². The summed E-state index contributed by atoms with van der Waals surface area (Å²) in [6, 6.07) is 14.9. The van der Waals surface area contributed by atoms with Crippen molar-refractivity contribution in [3.05, 3.63) is 53.6 Å². The summed E-state index contributed by atoms with van der Waals surface area (Å²) in [6.07, 6.45) is 2.10. The van der Waals surface area contributed by atoms with E-state index in [9.17, 15) is 0 Å². The Morgan fingerprint density at radius 1 is 1.08 bits per heavy atom. The molecular weight excluding hydrogens is 344 g/mol. The van der Waals surface area contributed by atoms with E-state index in [1.807, 2.05) is 0 Å². The highest BCUT2D eigenvalue weighted by Gasteiger charge is 2.33. The second-order valence-corrected chi connectivity index (χ2v) is 7.57. The molecule has 0 saturated carbocycles. The van der Waals surface area contributed by atoms with E-state index in [0.717, 1.165) is 37.7 Å². The second kappa shape index (κ2) is 8.80. The molecule has 0 unspecified atom stereocenters. The van der Waals surface area contributed by atoms with Gasteiger partial charge in [-0.3, -0.25) is 4.90 Å². The van der Waals surface area contributed by atoms with Gasteiger partial charge in [-0.05, 0) is 42.0 Å². The van der Waals surface area contributed by atoms with E-state index in [-0.39, 0.29) is 0 Å². The first kappa shape index (κ1) is 19.1. The van der Waals surface area contributed by atoms with Gasteiger partial charge in [0.2, 0.25) is 0 Å². The van der Waals surface area contributed by atoms with E-state index < -0.39 is 0 Å². The summed E-state index contributed by atoms with van der Waals surface area (Å²) in [5, 5.41) is 0. The van der Waals surface area contributed by atoms with Gasteiger partial charge >= 0.3 is 0 Å². The van der Waals surface area contributed by atoms with Crippen LogP contribution in [0.25, 0.3) is 0 Å². The van der Waals surface area contributed by atoms with Gasteiger partial charge in [0, 0.05) is 30.4 Å². The molecule has 2 N–H and O–H groups in total. The van der Waals surface area contributed by atoms with Crippen LogP contribution in [0.4, 0.5) is 0 Å². The van der Waals surface area contributed by atoms with E-state index in [1.165, 1.54) is 16.0 Å². The fraction of sp³-hybridized carbons (Fsp3) is 0.429. The fourth-order valence-corrected chi connectivity index (χ4v) is 4.47. The zero-order valence-electron chi connectivity index (χ0n) is 15.8. The number of ether oxygens (including phenoxy) is 2. The van der Waals surface area contributed by atoms with Crippen LogP contribution >= 0.6 is 11.8 Å². The van der Waals surface area contributed by atoms with E-state index in [1.54, 1.807) is 26.0 Å². The van der Waals surface area contributed by atoms with Crippen LogP contribution in [0.2, 0.25) is 0 Å². The van der Waals surface area contributed by atoms with E-state index in [2.05, 4.69) is 53.6 Å². The van der Waals surface area contributed by atoms with Crippen molar-refractivity contribution in [1.82, 2.24) is 4.90 Å². The summed E-state index contributed by atoms with van der Waals surface area (Å²) in [4.78, 5) is 3.74. The lowest BCUT2D eigenvalue weighted by molar-refractivity contribution is 0.311. The lowest BCUT2D eigenvalue weighted by Gasteiger charge is -2.20. The largest absolute Gasteiger partial charge is 0.493 e. The van der Waals surface area contributed by atoms with Gasteiger partial charge in [0.15, 0.2) is 11.5 Å². The molecule has 0 amide bonds. The highest BCUT2D eigenvalue weighted by Crippen LogP contribution is 2.37. The minimum atomic E-state index is 0.496. The topological polar surface area (TPSA) is 47.7 Å². The third-order valence-electron chi connectivity index (χ3n) is 5.23. The average molecular weight is 373 g/mol. The van der Waals surface area contributed by atoms with E-state index in [4.69, 9.17) is 15.2 Å². The van der Waals surface area contributed by atoms with Crippen LogP contribution in [0.5, 0.6) is 11.5 Å². The number of nitrogens with zero attached hydrogens (tertiary/aromatic N) is 1. The zero-order chi connectivity index (χ0) is 18.5. The van der Waals surface area contributed by atoms with Crippen molar-refractivity contribution < 1.29 is 9.47 Å². The van der Waals surface area contributed by atoms with Crippen LogP contribution in [-0.4, -0.2) is 45.0 Å². The predicted octanol–water partition coefficient (Wildman–Crippen LogP) is 3.60. The molecule has 0 radical (unpaired) electrons. The third-order valence-corrected chi connectivity index (χ3v) is 6.05. The van der Waals surface area contributed by atoms with E-state index >= 15 is 0 Å². The Morgan fingerprint density at radius 3 is 2.38 bits per heavy atom. The molecule has 0 bridgehead atoms. The molecule has 1 aliphatic heterocycles. The van der Waals surface area contributed by atoms with Crippen LogP contribution in [0, 0.1) is 5.92 Å². The molecule has 2 aromatic carbocycles. The molecule has 0 aliphatic carbocycles. The van der Waals surface area contributed by atoms with Gasteiger partial charge in [-0.25, -0.2) is 0 Å². The predicted molar refractivity (Wildman–Crippen MR) is 108 cm³/mol. The lowest BCUT2D eigenvalue weighted by atomic mass is 9.89. The van der Waals surface area contributed by atoms with E-state index in [0.29, 0.717) is 11.8 Å². The Balaban J connectivity index is 1.81. The summed E-state index contributed by atoms with van der Waals surface area (Å²) >= 11 is 1.74. The highest BCUT2D eigenvalue weighted by atomic mass is 32.2. The van der Waals surface area contributed by atoms with Gasteiger partial charge in [-0.2, -0.15) is 0 Å².